The largest absolute Gasteiger partial charge is 0.507 e. The first-order valence-corrected chi connectivity index (χ1v) is 10.2. The van der Waals surface area contributed by atoms with Crippen molar-refractivity contribution in [2.75, 3.05) is 20.3 Å². The number of phenols is 1. The van der Waals surface area contributed by atoms with Crippen LogP contribution in [-0.4, -0.2) is 55.2 Å². The van der Waals surface area contributed by atoms with E-state index in [0.717, 1.165) is 5.56 Å². The number of aromatic hydroxyl groups is 1. The first-order valence-electron chi connectivity index (χ1n) is 10.2. The van der Waals surface area contributed by atoms with Gasteiger partial charge >= 0.3 is 17.9 Å². The average Bonchev–Trinajstić information content (AvgIpc) is 2.70. The molecule has 0 aromatic heterocycles. The van der Waals surface area contributed by atoms with Gasteiger partial charge in [0.2, 0.25) is 0 Å². The predicted octanol–water partition coefficient (Wildman–Crippen LogP) is 2.45. The standard InChI is InChI=1S/C22H31NO8/c1-5-30-21(27)13-18(31-15(3)24)12-17(25)7-6-10-23-14(2)16-8-9-20(26)19(11-16)22(28)29-4/h8-9,11,14,18,23,26H,5-7,10,12-13H2,1-4H3/t14-,18-/m1/s1. The Morgan fingerprint density at radius 2 is 1.87 bits per heavy atom. The summed E-state index contributed by atoms with van der Waals surface area (Å²) in [6.07, 6.45) is -0.239. The molecule has 0 saturated carbocycles. The third-order valence-electron chi connectivity index (χ3n) is 4.50. The number of hydrogen-bond acceptors (Lipinski definition) is 9. The zero-order valence-electron chi connectivity index (χ0n) is 18.4. The van der Waals surface area contributed by atoms with E-state index in [2.05, 4.69) is 10.1 Å². The van der Waals surface area contributed by atoms with Gasteiger partial charge in [-0.2, -0.15) is 0 Å². The molecule has 9 nitrogen and oxygen atoms in total. The Labute approximate surface area is 182 Å². The van der Waals surface area contributed by atoms with Gasteiger partial charge in [0, 0.05) is 25.8 Å². The van der Waals surface area contributed by atoms with E-state index in [4.69, 9.17) is 9.47 Å². The van der Waals surface area contributed by atoms with E-state index in [-0.39, 0.29) is 49.0 Å². The van der Waals surface area contributed by atoms with E-state index in [9.17, 15) is 24.3 Å². The van der Waals surface area contributed by atoms with Gasteiger partial charge in [0.25, 0.3) is 0 Å². The van der Waals surface area contributed by atoms with E-state index in [0.29, 0.717) is 13.0 Å². The van der Waals surface area contributed by atoms with Gasteiger partial charge in [-0.15, -0.1) is 0 Å². The number of carbonyl (C=O) groups excluding carboxylic acids is 4. The Balaban J connectivity index is 2.50. The Kier molecular flexibility index (Phi) is 11.3. The lowest BCUT2D eigenvalue weighted by Crippen LogP contribution is -2.25. The zero-order chi connectivity index (χ0) is 23.4. The third-order valence-corrected chi connectivity index (χ3v) is 4.50. The lowest BCUT2D eigenvalue weighted by atomic mass is 10.0. The summed E-state index contributed by atoms with van der Waals surface area (Å²) in [5.74, 6) is -1.97. The van der Waals surface area contributed by atoms with Crippen molar-refractivity contribution in [2.45, 2.75) is 58.6 Å². The van der Waals surface area contributed by atoms with E-state index >= 15 is 0 Å². The molecule has 172 valence electrons. The first kappa shape index (κ1) is 26.1. The summed E-state index contributed by atoms with van der Waals surface area (Å²) >= 11 is 0. The fourth-order valence-corrected chi connectivity index (χ4v) is 2.97. The van der Waals surface area contributed by atoms with Crippen molar-refractivity contribution in [3.63, 3.8) is 0 Å². The molecule has 0 saturated heterocycles. The molecule has 1 aromatic rings. The number of nitrogens with one attached hydrogen (secondary N) is 1. The molecule has 0 amide bonds. The van der Waals surface area contributed by atoms with Crippen LogP contribution >= 0.6 is 0 Å². The zero-order valence-corrected chi connectivity index (χ0v) is 18.4. The number of ether oxygens (including phenoxy) is 3. The van der Waals surface area contributed by atoms with E-state index in [1.54, 1.807) is 19.1 Å². The second kappa shape index (κ2) is 13.4. The minimum absolute atomic E-state index is 0.0472. The maximum absolute atomic E-state index is 12.2. The Hall–Kier alpha value is -2.94. The van der Waals surface area contributed by atoms with Gasteiger partial charge in [-0.1, -0.05) is 6.07 Å². The molecule has 0 spiro atoms. The maximum Gasteiger partial charge on any atom is 0.341 e. The molecular weight excluding hydrogens is 406 g/mol. The molecular formula is C22H31NO8. The monoisotopic (exact) mass is 437 g/mol. The minimum Gasteiger partial charge on any atom is -0.507 e. The average molecular weight is 437 g/mol. The Bertz CT molecular complexity index is 777. The number of methoxy groups -OCH3 is 1. The number of hydrogen-bond donors (Lipinski definition) is 2. The Morgan fingerprint density at radius 3 is 2.48 bits per heavy atom. The van der Waals surface area contributed by atoms with E-state index < -0.39 is 24.0 Å². The molecule has 1 aromatic carbocycles. The van der Waals surface area contributed by atoms with Crippen LogP contribution in [-0.2, 0) is 28.6 Å². The topological polar surface area (TPSA) is 128 Å². The smallest absolute Gasteiger partial charge is 0.341 e. The van der Waals surface area contributed by atoms with Crippen LogP contribution in [0.1, 0.15) is 68.4 Å². The number of ketones is 1. The molecule has 0 aliphatic heterocycles. The number of esters is 3. The van der Waals surface area contributed by atoms with E-state index in [1.165, 1.54) is 20.1 Å². The highest BCUT2D eigenvalue weighted by molar-refractivity contribution is 5.92. The molecule has 0 heterocycles. The first-order chi connectivity index (χ1) is 14.7. The fraction of sp³-hybridized carbons (Fsp3) is 0.545. The predicted molar refractivity (Wildman–Crippen MR) is 112 cm³/mol. The molecule has 0 bridgehead atoms. The normalized spacial score (nSPS) is 12.5. The highest BCUT2D eigenvalue weighted by Crippen LogP contribution is 2.23. The second-order valence-electron chi connectivity index (χ2n) is 7.03. The fourth-order valence-electron chi connectivity index (χ4n) is 2.97. The van der Waals surface area contributed by atoms with Crippen molar-refractivity contribution in [3.05, 3.63) is 29.3 Å². The third kappa shape index (κ3) is 9.61. The Morgan fingerprint density at radius 1 is 1.16 bits per heavy atom. The van der Waals surface area contributed by atoms with Crippen LogP contribution in [0.25, 0.3) is 0 Å². The lowest BCUT2D eigenvalue weighted by Gasteiger charge is -2.17. The highest BCUT2D eigenvalue weighted by atomic mass is 16.6. The van der Waals surface area contributed by atoms with Gasteiger partial charge in [0.05, 0.1) is 20.1 Å². The van der Waals surface area contributed by atoms with E-state index in [1.807, 2.05) is 6.92 Å². The van der Waals surface area contributed by atoms with Gasteiger partial charge in [-0.25, -0.2) is 4.79 Å². The molecule has 2 N–H and O–H groups in total. The van der Waals surface area contributed by atoms with Gasteiger partial charge < -0.3 is 24.6 Å². The highest BCUT2D eigenvalue weighted by Gasteiger charge is 2.21. The summed E-state index contributed by atoms with van der Waals surface area (Å²) in [6, 6.07) is 4.56. The van der Waals surface area contributed by atoms with Crippen LogP contribution < -0.4 is 5.32 Å². The van der Waals surface area contributed by atoms with Crippen molar-refractivity contribution in [1.29, 1.82) is 0 Å². The number of benzene rings is 1. The van der Waals surface area contributed by atoms with Crippen LogP contribution in [0.4, 0.5) is 0 Å². The molecule has 9 heteroatoms. The molecule has 2 atom stereocenters. The SMILES string of the molecule is CCOC(=O)C[C@@H](CC(=O)CCCN[C@H](C)c1ccc(O)c(C(=O)OC)c1)OC(C)=O. The molecule has 0 aliphatic rings. The lowest BCUT2D eigenvalue weighted by molar-refractivity contribution is -0.154. The van der Waals surface area contributed by atoms with Crippen molar-refractivity contribution in [1.82, 2.24) is 5.32 Å². The summed E-state index contributed by atoms with van der Waals surface area (Å²) in [5.41, 5.74) is 0.871. The summed E-state index contributed by atoms with van der Waals surface area (Å²) in [5, 5.41) is 13.0. The number of carbonyl (C=O) groups is 4. The van der Waals surface area contributed by atoms with Gasteiger partial charge in [0.15, 0.2) is 0 Å². The van der Waals surface area contributed by atoms with Crippen molar-refractivity contribution < 1.29 is 38.5 Å². The van der Waals surface area contributed by atoms with Crippen molar-refractivity contribution in [3.8, 4) is 5.75 Å². The number of Topliss-reactive ketones (excluding diaryl/α,β-unsaturated/α-hetero) is 1. The molecule has 0 fully saturated rings. The van der Waals surface area contributed by atoms with Crippen LogP contribution in [0.2, 0.25) is 0 Å². The van der Waals surface area contributed by atoms with Gasteiger partial charge in [-0.3, -0.25) is 14.4 Å². The molecule has 0 unspecified atom stereocenters. The molecule has 0 radical (unpaired) electrons. The second-order valence-corrected chi connectivity index (χ2v) is 7.03. The van der Waals surface area contributed by atoms with Gasteiger partial charge in [0.1, 0.15) is 23.2 Å². The maximum atomic E-state index is 12.2. The number of rotatable bonds is 13. The summed E-state index contributed by atoms with van der Waals surface area (Å²) in [6.45, 7) is 5.53. The minimum atomic E-state index is -0.829. The number of phenolic OH excluding ortho intramolecular Hbond substituents is 1. The summed E-state index contributed by atoms with van der Waals surface area (Å²) < 4.78 is 14.6. The van der Waals surface area contributed by atoms with Crippen LogP contribution in [0.3, 0.4) is 0 Å². The molecule has 1 rings (SSSR count). The van der Waals surface area contributed by atoms with Crippen LogP contribution in [0, 0.1) is 0 Å². The van der Waals surface area contributed by atoms with Crippen LogP contribution in [0.15, 0.2) is 18.2 Å². The van der Waals surface area contributed by atoms with Crippen molar-refractivity contribution in [2.24, 2.45) is 0 Å². The van der Waals surface area contributed by atoms with Crippen LogP contribution in [0.5, 0.6) is 5.75 Å². The summed E-state index contributed by atoms with van der Waals surface area (Å²) in [4.78, 5) is 46.8. The molecule has 31 heavy (non-hydrogen) atoms. The summed E-state index contributed by atoms with van der Waals surface area (Å²) in [7, 11) is 1.24. The van der Waals surface area contributed by atoms with Gasteiger partial charge in [-0.05, 0) is 44.5 Å². The van der Waals surface area contributed by atoms with Crippen molar-refractivity contribution >= 4 is 23.7 Å². The quantitative estimate of drug-likeness (QED) is 0.272. The molecule has 0 aliphatic carbocycles.